The van der Waals surface area contributed by atoms with Crippen molar-refractivity contribution in [3.05, 3.63) is 27.2 Å². The van der Waals surface area contributed by atoms with Crippen LogP contribution in [-0.4, -0.2) is 24.5 Å². The molecule has 22 heavy (non-hydrogen) atoms. The van der Waals surface area contributed by atoms with Gasteiger partial charge < -0.3 is 9.36 Å². The van der Waals surface area contributed by atoms with Crippen molar-refractivity contribution in [2.24, 2.45) is 7.05 Å². The van der Waals surface area contributed by atoms with Crippen LogP contribution in [0.25, 0.3) is 11.2 Å². The van der Waals surface area contributed by atoms with E-state index < -0.39 is 17.7 Å². The van der Waals surface area contributed by atoms with Crippen molar-refractivity contribution in [3.63, 3.8) is 0 Å². The highest BCUT2D eigenvalue weighted by Gasteiger charge is 2.15. The van der Waals surface area contributed by atoms with Crippen molar-refractivity contribution in [2.75, 3.05) is 0 Å². The largest absolute Gasteiger partial charge is 0.332 e. The molecule has 0 saturated heterocycles. The molecule has 0 saturated carbocycles. The van der Waals surface area contributed by atoms with E-state index in [4.69, 9.17) is 2.74 Å². The minimum absolute atomic E-state index is 0.0694. The molecule has 2 rings (SSSR count). The highest BCUT2D eigenvalue weighted by atomic mass is 16.2. The van der Waals surface area contributed by atoms with Crippen LogP contribution in [0, 0.1) is 0 Å². The molecule has 0 spiro atoms. The van der Waals surface area contributed by atoms with Crippen molar-refractivity contribution in [1.82, 2.24) is 18.7 Å². The molecule has 120 valence electrons. The maximum absolute atomic E-state index is 12.7. The molecule has 0 aliphatic heterocycles. The van der Waals surface area contributed by atoms with Gasteiger partial charge in [-0.25, -0.2) is 9.78 Å². The van der Waals surface area contributed by atoms with Crippen LogP contribution < -0.4 is 11.2 Å². The Kier molecular flexibility index (Phi) is 4.12. The fourth-order valence-electron chi connectivity index (χ4n) is 2.40. The fourth-order valence-corrected chi connectivity index (χ4v) is 2.40. The van der Waals surface area contributed by atoms with Crippen molar-refractivity contribution in [2.45, 2.75) is 52.6 Å². The lowest BCUT2D eigenvalue weighted by molar-refractivity contribution is -0.117. The second kappa shape index (κ2) is 6.72. The lowest BCUT2D eigenvalue weighted by Crippen LogP contribution is -2.39. The Labute approximate surface area is 131 Å². The molecule has 0 atom stereocenters. The van der Waals surface area contributed by atoms with Crippen molar-refractivity contribution >= 4 is 16.9 Å². The maximum atomic E-state index is 12.7. The minimum atomic E-state index is -1.77. The second-order valence-corrected chi connectivity index (χ2v) is 5.26. The summed E-state index contributed by atoms with van der Waals surface area (Å²) in [5.74, 6) is 0.0694. The molecule has 2 aromatic heterocycles. The van der Waals surface area contributed by atoms with Gasteiger partial charge in [-0.05, 0) is 26.2 Å². The summed E-state index contributed by atoms with van der Waals surface area (Å²) in [6, 6.07) is 0. The summed E-state index contributed by atoms with van der Waals surface area (Å²) in [4.78, 5) is 40.1. The third-order valence-corrected chi connectivity index (χ3v) is 3.52. The second-order valence-electron chi connectivity index (χ2n) is 5.26. The molecule has 0 aromatic carbocycles. The number of aryl methyl sites for hydroxylation is 2. The van der Waals surface area contributed by atoms with E-state index in [-0.39, 0.29) is 29.9 Å². The van der Waals surface area contributed by atoms with E-state index in [1.807, 2.05) is 0 Å². The predicted octanol–water partition coefficient (Wildman–Crippen LogP) is 1.07. The highest BCUT2D eigenvalue weighted by molar-refractivity contribution is 5.75. The van der Waals surface area contributed by atoms with Crippen LogP contribution in [0.1, 0.15) is 42.3 Å². The molecule has 0 aliphatic carbocycles. The first-order valence-electron chi connectivity index (χ1n) is 8.37. The Hall–Kier alpha value is -2.18. The van der Waals surface area contributed by atoms with Crippen LogP contribution in [0.2, 0.25) is 0 Å². The molecule has 0 N–H and O–H groups in total. The van der Waals surface area contributed by atoms with E-state index in [1.54, 1.807) is 6.92 Å². The topological polar surface area (TPSA) is 78.9 Å². The number of hydrogen-bond acceptors (Lipinski definition) is 4. The first-order valence-corrected chi connectivity index (χ1v) is 7.37. The molecule has 0 amide bonds. The number of nitrogens with zero attached hydrogens (tertiary/aromatic N) is 4. The zero-order valence-electron chi connectivity index (χ0n) is 15.1. The van der Waals surface area contributed by atoms with Gasteiger partial charge in [0.05, 0.1) is 6.33 Å². The smallest absolute Gasteiger partial charge is 0.325 e. The van der Waals surface area contributed by atoms with E-state index in [2.05, 4.69) is 4.98 Å². The number of fused-ring (bicyclic) bond motifs is 1. The number of rotatable bonds is 7. The first-order chi connectivity index (χ1) is 11.2. The lowest BCUT2D eigenvalue weighted by atomic mass is 10.2. The summed E-state index contributed by atoms with van der Waals surface area (Å²) < 4.78 is 19.6. The first kappa shape index (κ1) is 13.5. The van der Waals surface area contributed by atoms with Gasteiger partial charge in [-0.15, -0.1) is 0 Å². The van der Waals surface area contributed by atoms with Crippen LogP contribution in [0.15, 0.2) is 15.9 Å². The number of ketones is 1. The Morgan fingerprint density at radius 2 is 2.09 bits per heavy atom. The number of carbonyl (C=O) groups is 1. The summed E-state index contributed by atoms with van der Waals surface area (Å²) in [6.45, 7) is 1.60. The van der Waals surface area contributed by atoms with Gasteiger partial charge in [0.25, 0.3) is 5.56 Å². The van der Waals surface area contributed by atoms with E-state index in [0.29, 0.717) is 19.3 Å². The summed E-state index contributed by atoms with van der Waals surface area (Å²) in [7, 11) is 1.51. The zero-order valence-corrected chi connectivity index (χ0v) is 13.1. The van der Waals surface area contributed by atoms with Gasteiger partial charge in [0.2, 0.25) is 0 Å². The van der Waals surface area contributed by atoms with E-state index in [1.165, 1.54) is 29.4 Å². The maximum Gasteiger partial charge on any atom is 0.332 e. The molecule has 0 aliphatic rings. The fraction of sp³-hybridized carbons (Fsp3) is 0.600. The lowest BCUT2D eigenvalue weighted by Gasteiger charge is -2.09. The number of unbranched alkanes of at least 4 members (excludes halogenated alkanes) is 1. The molecule has 7 nitrogen and oxygen atoms in total. The van der Waals surface area contributed by atoms with Gasteiger partial charge in [0.1, 0.15) is 5.78 Å². The Balaban J connectivity index is 2.53. The van der Waals surface area contributed by atoms with E-state index >= 15 is 0 Å². The molecule has 0 bridgehead atoms. The van der Waals surface area contributed by atoms with Crippen LogP contribution in [-0.2, 0) is 24.9 Å². The molecule has 2 aromatic rings. The van der Waals surface area contributed by atoms with Crippen molar-refractivity contribution < 1.29 is 7.54 Å². The van der Waals surface area contributed by atoms with Crippen LogP contribution >= 0.6 is 0 Å². The van der Waals surface area contributed by atoms with E-state index in [0.717, 1.165) is 4.57 Å². The van der Waals surface area contributed by atoms with Crippen LogP contribution in [0.3, 0.4) is 0 Å². The molecular weight excluding hydrogens is 284 g/mol. The van der Waals surface area contributed by atoms with Gasteiger partial charge in [0.15, 0.2) is 11.2 Å². The standard InChI is InChI=1S/C15H22N4O3/c1-4-8-18-10-16-13-12(18)14(21)19(15(22)17(13)3)9-6-5-7-11(2)20/h10H,4-9H2,1-3H3/i8D2. The third-order valence-electron chi connectivity index (χ3n) is 3.52. The highest BCUT2D eigenvalue weighted by Crippen LogP contribution is 2.07. The van der Waals surface area contributed by atoms with Gasteiger partial charge in [0, 0.05) is 29.3 Å². The van der Waals surface area contributed by atoms with E-state index in [9.17, 15) is 14.4 Å². The summed E-state index contributed by atoms with van der Waals surface area (Å²) in [5, 5.41) is 0. The minimum Gasteiger partial charge on any atom is -0.325 e. The summed E-state index contributed by atoms with van der Waals surface area (Å²) >= 11 is 0. The van der Waals surface area contributed by atoms with Gasteiger partial charge >= 0.3 is 5.69 Å². The van der Waals surface area contributed by atoms with Crippen LogP contribution in [0.4, 0.5) is 0 Å². The normalized spacial score (nSPS) is 13.2. The molecule has 2 heterocycles. The Morgan fingerprint density at radius 3 is 2.73 bits per heavy atom. The van der Waals surface area contributed by atoms with Crippen LogP contribution in [0.5, 0.6) is 0 Å². The average Bonchev–Trinajstić information content (AvgIpc) is 2.98. The number of carbonyl (C=O) groups excluding carboxylic acids is 1. The number of hydrogen-bond donors (Lipinski definition) is 0. The number of imidazole rings is 1. The number of aromatic nitrogens is 4. The Morgan fingerprint density at radius 1 is 1.36 bits per heavy atom. The third kappa shape index (κ3) is 3.03. The van der Waals surface area contributed by atoms with Crippen molar-refractivity contribution in [3.8, 4) is 0 Å². The summed E-state index contributed by atoms with van der Waals surface area (Å²) in [6.07, 6.45) is 2.95. The van der Waals surface area contributed by atoms with Gasteiger partial charge in [-0.3, -0.25) is 13.9 Å². The molecule has 0 unspecified atom stereocenters. The average molecular weight is 308 g/mol. The SMILES string of the molecule is [2H]C([2H])(CC)n1cnc2c1c(=O)n(CCCCC(C)=O)c(=O)n2C. The van der Waals surface area contributed by atoms with Gasteiger partial charge in [-0.1, -0.05) is 6.92 Å². The summed E-state index contributed by atoms with van der Waals surface area (Å²) in [5.41, 5.74) is -0.791. The van der Waals surface area contributed by atoms with Crippen molar-refractivity contribution in [1.29, 1.82) is 0 Å². The van der Waals surface area contributed by atoms with Gasteiger partial charge in [-0.2, -0.15) is 0 Å². The zero-order chi connectivity index (χ0) is 18.1. The monoisotopic (exact) mass is 308 g/mol. The molecule has 0 fully saturated rings. The predicted molar refractivity (Wildman–Crippen MR) is 84.1 cm³/mol. The molecule has 7 heteroatoms. The quantitative estimate of drug-likeness (QED) is 0.717. The Bertz CT molecular complexity index is 879. The molecule has 0 radical (unpaired) electrons. The number of Topliss-reactive ketones (excluding diaryl/α,β-unsaturated/α-hetero) is 1. The molecular formula is C15H22N4O3.